The van der Waals surface area contributed by atoms with Gasteiger partial charge in [0.25, 0.3) is 0 Å². The molecule has 1 aliphatic heterocycles. The maximum atomic E-state index is 13.2. The number of hydrogen-bond donors (Lipinski definition) is 1. The topological polar surface area (TPSA) is 83.7 Å². The summed E-state index contributed by atoms with van der Waals surface area (Å²) in [5, 5.41) is 0. The molecule has 2 aromatic carbocycles. The number of nitrogens with zero attached hydrogens (tertiary/aromatic N) is 2. The van der Waals surface area contributed by atoms with E-state index in [2.05, 4.69) is 0 Å². The first-order valence-electron chi connectivity index (χ1n) is 8.19. The molecule has 2 aromatic rings. The van der Waals surface area contributed by atoms with Crippen molar-refractivity contribution >= 4 is 16.1 Å². The number of hydrogen-bond acceptors (Lipinski definition) is 3. The van der Waals surface area contributed by atoms with Crippen molar-refractivity contribution in [1.82, 2.24) is 9.21 Å². The molecule has 0 aromatic heterocycles. The van der Waals surface area contributed by atoms with Gasteiger partial charge in [-0.15, -0.1) is 0 Å². The highest BCUT2D eigenvalue weighted by Gasteiger charge is 2.29. The zero-order valence-electron chi connectivity index (χ0n) is 13.8. The Bertz CT molecular complexity index is 853. The molecule has 1 aliphatic rings. The Balaban J connectivity index is 1.95. The van der Waals surface area contributed by atoms with Crippen LogP contribution in [0.25, 0.3) is 11.1 Å². The Labute approximate surface area is 147 Å². The van der Waals surface area contributed by atoms with Crippen LogP contribution in [0.15, 0.2) is 59.5 Å². The number of nitrogens with two attached hydrogens (primary N) is 1. The Morgan fingerprint density at radius 3 is 2.28 bits per heavy atom. The van der Waals surface area contributed by atoms with E-state index in [-0.39, 0.29) is 11.4 Å². The average Bonchev–Trinajstić information content (AvgIpc) is 2.89. The molecule has 0 atom stereocenters. The molecule has 1 fully saturated rings. The molecule has 2 amide bonds. The molecule has 2 N–H and O–H groups in total. The van der Waals surface area contributed by atoms with Gasteiger partial charge in [-0.2, -0.15) is 4.31 Å². The first kappa shape index (κ1) is 17.4. The Morgan fingerprint density at radius 2 is 1.56 bits per heavy atom. The third-order valence-electron chi connectivity index (χ3n) is 4.36. The summed E-state index contributed by atoms with van der Waals surface area (Å²) in [6.45, 7) is 1.40. The number of carbonyl (C=O) groups is 1. The molecule has 132 valence electrons. The van der Waals surface area contributed by atoms with Crippen LogP contribution in [0.1, 0.15) is 6.42 Å². The minimum absolute atomic E-state index is 0.244. The van der Waals surface area contributed by atoms with Crippen molar-refractivity contribution in [3.63, 3.8) is 0 Å². The number of amides is 2. The normalized spacial score (nSPS) is 16.4. The predicted octanol–water partition coefficient (Wildman–Crippen LogP) is 2.13. The standard InChI is InChI=1S/C18H21N3O3S/c19-18(22)20-11-6-12-21(14-13-20)25(23,24)17-10-5-4-9-16(17)15-7-2-1-3-8-15/h1-5,7-10H,6,11-14H2,(H2,19,22). The molecule has 1 heterocycles. The van der Waals surface area contributed by atoms with Crippen LogP contribution in [0.4, 0.5) is 4.79 Å². The van der Waals surface area contributed by atoms with Gasteiger partial charge in [-0.3, -0.25) is 0 Å². The number of benzene rings is 2. The molecule has 0 radical (unpaired) electrons. The van der Waals surface area contributed by atoms with E-state index in [1.54, 1.807) is 12.1 Å². The van der Waals surface area contributed by atoms with Crippen LogP contribution in [0.2, 0.25) is 0 Å². The monoisotopic (exact) mass is 359 g/mol. The fourth-order valence-electron chi connectivity index (χ4n) is 3.04. The van der Waals surface area contributed by atoms with E-state index in [0.29, 0.717) is 31.6 Å². The number of sulfonamides is 1. The van der Waals surface area contributed by atoms with Crippen molar-refractivity contribution in [2.24, 2.45) is 5.73 Å². The summed E-state index contributed by atoms with van der Waals surface area (Å²) in [5.74, 6) is 0. The van der Waals surface area contributed by atoms with Crippen molar-refractivity contribution in [2.45, 2.75) is 11.3 Å². The summed E-state index contributed by atoms with van der Waals surface area (Å²) in [5.41, 5.74) is 6.86. The molecule has 1 saturated heterocycles. The third-order valence-corrected chi connectivity index (χ3v) is 6.31. The van der Waals surface area contributed by atoms with Crippen molar-refractivity contribution < 1.29 is 13.2 Å². The lowest BCUT2D eigenvalue weighted by Crippen LogP contribution is -2.39. The lowest BCUT2D eigenvalue weighted by Gasteiger charge is -2.22. The lowest BCUT2D eigenvalue weighted by atomic mass is 10.1. The van der Waals surface area contributed by atoms with Gasteiger partial charge in [0.05, 0.1) is 4.90 Å². The second-order valence-corrected chi connectivity index (χ2v) is 7.85. The summed E-state index contributed by atoms with van der Waals surface area (Å²) in [6, 6.07) is 16.0. The van der Waals surface area contributed by atoms with Gasteiger partial charge in [0.15, 0.2) is 0 Å². The molecule has 3 rings (SSSR count). The molecule has 0 spiro atoms. The first-order chi connectivity index (χ1) is 12.0. The van der Waals surface area contributed by atoms with Crippen LogP contribution in [0.5, 0.6) is 0 Å². The minimum atomic E-state index is -3.66. The highest BCUT2D eigenvalue weighted by Crippen LogP contribution is 2.29. The molecule has 0 unspecified atom stereocenters. The van der Waals surface area contributed by atoms with Gasteiger partial charge < -0.3 is 10.6 Å². The van der Waals surface area contributed by atoms with Gasteiger partial charge in [-0.1, -0.05) is 48.5 Å². The summed E-state index contributed by atoms with van der Waals surface area (Å²) in [6.07, 6.45) is 0.565. The second-order valence-electron chi connectivity index (χ2n) is 5.95. The van der Waals surface area contributed by atoms with Gasteiger partial charge in [0.1, 0.15) is 0 Å². The summed E-state index contributed by atoms with van der Waals surface area (Å²) in [4.78, 5) is 13.1. The molecule has 0 aliphatic carbocycles. The van der Waals surface area contributed by atoms with Gasteiger partial charge >= 0.3 is 6.03 Å². The van der Waals surface area contributed by atoms with Crippen LogP contribution < -0.4 is 5.73 Å². The van der Waals surface area contributed by atoms with Crippen molar-refractivity contribution in [3.8, 4) is 11.1 Å². The highest BCUT2D eigenvalue weighted by atomic mass is 32.2. The quantitative estimate of drug-likeness (QED) is 0.911. The first-order valence-corrected chi connectivity index (χ1v) is 9.63. The van der Waals surface area contributed by atoms with E-state index in [1.165, 1.54) is 9.21 Å². The number of urea groups is 1. The van der Waals surface area contributed by atoms with E-state index in [0.717, 1.165) is 5.56 Å². The molecular formula is C18H21N3O3S. The summed E-state index contributed by atoms with van der Waals surface area (Å²) >= 11 is 0. The van der Waals surface area contributed by atoms with E-state index >= 15 is 0 Å². The Hall–Kier alpha value is -2.38. The van der Waals surface area contributed by atoms with Crippen molar-refractivity contribution in [3.05, 3.63) is 54.6 Å². The van der Waals surface area contributed by atoms with Crippen LogP contribution in [-0.4, -0.2) is 49.8 Å². The minimum Gasteiger partial charge on any atom is -0.351 e. The molecular weight excluding hydrogens is 338 g/mol. The maximum absolute atomic E-state index is 13.2. The number of primary amides is 1. The molecule has 6 nitrogen and oxygen atoms in total. The van der Waals surface area contributed by atoms with Crippen molar-refractivity contribution in [1.29, 1.82) is 0 Å². The highest BCUT2D eigenvalue weighted by molar-refractivity contribution is 7.89. The smallest absolute Gasteiger partial charge is 0.314 e. The van der Waals surface area contributed by atoms with Gasteiger partial charge in [-0.05, 0) is 18.1 Å². The zero-order valence-corrected chi connectivity index (χ0v) is 14.7. The van der Waals surface area contributed by atoms with Crippen molar-refractivity contribution in [2.75, 3.05) is 26.2 Å². The molecule has 0 bridgehead atoms. The molecule has 7 heteroatoms. The fourth-order valence-corrected chi connectivity index (χ4v) is 4.73. The van der Waals surface area contributed by atoms with E-state index in [4.69, 9.17) is 5.73 Å². The van der Waals surface area contributed by atoms with Gasteiger partial charge in [0.2, 0.25) is 10.0 Å². The predicted molar refractivity (Wildman–Crippen MR) is 96.4 cm³/mol. The maximum Gasteiger partial charge on any atom is 0.314 e. The van der Waals surface area contributed by atoms with Gasteiger partial charge in [0, 0.05) is 31.7 Å². The zero-order chi connectivity index (χ0) is 17.9. The molecule has 0 saturated carbocycles. The third kappa shape index (κ3) is 3.67. The van der Waals surface area contributed by atoms with Crippen LogP contribution in [0.3, 0.4) is 0 Å². The Kier molecular flexibility index (Phi) is 5.06. The van der Waals surface area contributed by atoms with E-state index in [1.807, 2.05) is 42.5 Å². The van der Waals surface area contributed by atoms with Crippen LogP contribution in [-0.2, 0) is 10.0 Å². The fraction of sp³-hybridized carbons (Fsp3) is 0.278. The molecule has 25 heavy (non-hydrogen) atoms. The summed E-state index contributed by atoms with van der Waals surface area (Å²) < 4.78 is 27.8. The SMILES string of the molecule is NC(=O)N1CCCN(S(=O)(=O)c2ccccc2-c2ccccc2)CC1. The number of carbonyl (C=O) groups excluding carboxylic acids is 1. The van der Waals surface area contributed by atoms with E-state index in [9.17, 15) is 13.2 Å². The average molecular weight is 359 g/mol. The largest absolute Gasteiger partial charge is 0.351 e. The summed E-state index contributed by atoms with van der Waals surface area (Å²) in [7, 11) is -3.66. The van der Waals surface area contributed by atoms with Crippen LogP contribution >= 0.6 is 0 Å². The Morgan fingerprint density at radius 1 is 0.880 bits per heavy atom. The van der Waals surface area contributed by atoms with E-state index < -0.39 is 16.1 Å². The van der Waals surface area contributed by atoms with Crippen LogP contribution in [0, 0.1) is 0 Å². The lowest BCUT2D eigenvalue weighted by molar-refractivity contribution is 0.210. The number of rotatable bonds is 3. The van der Waals surface area contributed by atoms with Gasteiger partial charge in [-0.25, -0.2) is 13.2 Å². The second kappa shape index (κ2) is 7.25.